The summed E-state index contributed by atoms with van der Waals surface area (Å²) in [5, 5.41) is 20.6. The standard InChI is InChI=1S/C16H19ClN4O2.ClH/c1-10-12(16(23)19-7-11-6-18-9-15(11)22)8-20-21(10)14-5-3-2-4-13(14)17;/h2-5,8,11,15,18,22H,6-7,9H2,1H3,(H,19,23);1H. The van der Waals surface area contributed by atoms with Crippen molar-refractivity contribution >= 4 is 29.9 Å². The van der Waals surface area contributed by atoms with Crippen LogP contribution >= 0.6 is 24.0 Å². The molecular weight excluding hydrogens is 351 g/mol. The number of carbonyl (C=O) groups is 1. The minimum atomic E-state index is -0.415. The first-order valence-corrected chi connectivity index (χ1v) is 7.92. The smallest absolute Gasteiger partial charge is 0.254 e. The van der Waals surface area contributed by atoms with Gasteiger partial charge < -0.3 is 15.7 Å². The van der Waals surface area contributed by atoms with Crippen LogP contribution in [0, 0.1) is 12.8 Å². The van der Waals surface area contributed by atoms with E-state index in [1.807, 2.05) is 25.1 Å². The predicted molar refractivity (Wildman–Crippen MR) is 95.3 cm³/mol. The largest absolute Gasteiger partial charge is 0.391 e. The van der Waals surface area contributed by atoms with Crippen molar-refractivity contribution in [2.45, 2.75) is 13.0 Å². The van der Waals surface area contributed by atoms with Gasteiger partial charge in [0.1, 0.15) is 0 Å². The van der Waals surface area contributed by atoms with Crippen LogP contribution in [0.15, 0.2) is 30.5 Å². The average Bonchev–Trinajstić information content (AvgIpc) is 3.11. The number of β-amino-alcohol motifs (C(OH)–C–C–N with tert-alkyl or cyclic N) is 1. The van der Waals surface area contributed by atoms with Crippen LogP contribution < -0.4 is 10.6 Å². The molecule has 1 aromatic carbocycles. The van der Waals surface area contributed by atoms with Crippen molar-refractivity contribution in [2.24, 2.45) is 5.92 Å². The number of nitrogens with zero attached hydrogens (tertiary/aromatic N) is 2. The Morgan fingerprint density at radius 1 is 1.46 bits per heavy atom. The molecule has 2 heterocycles. The van der Waals surface area contributed by atoms with E-state index >= 15 is 0 Å². The Balaban J connectivity index is 0.00000208. The summed E-state index contributed by atoms with van der Waals surface area (Å²) < 4.78 is 1.66. The number of amides is 1. The van der Waals surface area contributed by atoms with Gasteiger partial charge >= 0.3 is 0 Å². The first-order valence-electron chi connectivity index (χ1n) is 7.54. The SMILES string of the molecule is Cc1c(C(=O)NCC2CNCC2O)cnn1-c1ccccc1Cl.Cl. The Bertz CT molecular complexity index is 720. The zero-order valence-corrected chi connectivity index (χ0v) is 14.8. The van der Waals surface area contributed by atoms with E-state index in [0.29, 0.717) is 30.2 Å². The number of hydrogen-bond donors (Lipinski definition) is 3. The topological polar surface area (TPSA) is 79.2 Å². The van der Waals surface area contributed by atoms with Crippen molar-refractivity contribution in [1.82, 2.24) is 20.4 Å². The van der Waals surface area contributed by atoms with Crippen LogP contribution in [0.4, 0.5) is 0 Å². The summed E-state index contributed by atoms with van der Waals surface area (Å²) in [6, 6.07) is 7.35. The van der Waals surface area contributed by atoms with Crippen LogP contribution in [0.3, 0.4) is 0 Å². The molecule has 3 N–H and O–H groups in total. The third-order valence-corrected chi connectivity index (χ3v) is 4.48. The fourth-order valence-corrected chi connectivity index (χ4v) is 2.96. The van der Waals surface area contributed by atoms with E-state index in [9.17, 15) is 9.90 Å². The zero-order valence-electron chi connectivity index (χ0n) is 13.2. The quantitative estimate of drug-likeness (QED) is 0.762. The average molecular weight is 371 g/mol. The predicted octanol–water partition coefficient (Wildman–Crippen LogP) is 1.57. The molecule has 0 bridgehead atoms. The van der Waals surface area contributed by atoms with Gasteiger partial charge in [0.15, 0.2) is 0 Å². The molecule has 0 spiro atoms. The van der Waals surface area contributed by atoms with Gasteiger partial charge in [-0.05, 0) is 19.1 Å². The number of aromatic nitrogens is 2. The van der Waals surface area contributed by atoms with Crippen LogP contribution in [0.1, 0.15) is 16.1 Å². The Morgan fingerprint density at radius 2 is 2.21 bits per heavy atom. The number of aliphatic hydroxyl groups is 1. The highest BCUT2D eigenvalue weighted by Crippen LogP contribution is 2.22. The highest BCUT2D eigenvalue weighted by molar-refractivity contribution is 6.32. The number of carbonyl (C=O) groups excluding carboxylic acids is 1. The van der Waals surface area contributed by atoms with Crippen LogP contribution in [-0.4, -0.2) is 46.5 Å². The first kappa shape index (κ1) is 18.7. The third-order valence-electron chi connectivity index (χ3n) is 4.16. The summed E-state index contributed by atoms with van der Waals surface area (Å²) >= 11 is 6.19. The van der Waals surface area contributed by atoms with Gasteiger partial charge in [-0.3, -0.25) is 4.79 Å². The van der Waals surface area contributed by atoms with Gasteiger partial charge in [0.05, 0.1) is 34.3 Å². The lowest BCUT2D eigenvalue weighted by Gasteiger charge is -2.14. The lowest BCUT2D eigenvalue weighted by Crippen LogP contribution is -2.34. The van der Waals surface area contributed by atoms with Gasteiger partial charge in [0.25, 0.3) is 5.91 Å². The lowest BCUT2D eigenvalue weighted by molar-refractivity contribution is 0.0926. The maximum atomic E-state index is 12.4. The van der Waals surface area contributed by atoms with Gasteiger partial charge in [0, 0.05) is 25.6 Å². The molecule has 0 saturated carbocycles. The minimum absolute atomic E-state index is 0. The van der Waals surface area contributed by atoms with Crippen molar-refractivity contribution in [3.05, 3.63) is 46.7 Å². The molecule has 2 aromatic rings. The van der Waals surface area contributed by atoms with E-state index in [2.05, 4.69) is 15.7 Å². The summed E-state index contributed by atoms with van der Waals surface area (Å²) in [5.74, 6) is -0.155. The van der Waals surface area contributed by atoms with Gasteiger partial charge in [-0.1, -0.05) is 23.7 Å². The van der Waals surface area contributed by atoms with E-state index in [1.54, 1.807) is 10.7 Å². The fourth-order valence-electron chi connectivity index (χ4n) is 2.75. The molecule has 2 unspecified atom stereocenters. The summed E-state index contributed by atoms with van der Waals surface area (Å²) in [5.41, 5.74) is 1.96. The van der Waals surface area contributed by atoms with Gasteiger partial charge in [-0.2, -0.15) is 5.10 Å². The van der Waals surface area contributed by atoms with E-state index in [-0.39, 0.29) is 24.2 Å². The molecular formula is C16H20Cl2N4O2. The van der Waals surface area contributed by atoms with Crippen LogP contribution in [0.2, 0.25) is 5.02 Å². The normalized spacial score (nSPS) is 19.8. The Hall–Kier alpha value is -1.60. The zero-order chi connectivity index (χ0) is 16.4. The number of aliphatic hydroxyl groups excluding tert-OH is 1. The van der Waals surface area contributed by atoms with Gasteiger partial charge in [-0.15, -0.1) is 12.4 Å². The second-order valence-corrected chi connectivity index (χ2v) is 6.11. The van der Waals surface area contributed by atoms with Crippen molar-refractivity contribution in [1.29, 1.82) is 0 Å². The maximum absolute atomic E-state index is 12.4. The van der Waals surface area contributed by atoms with E-state index in [0.717, 1.165) is 11.4 Å². The Kier molecular flexibility index (Phi) is 6.23. The van der Waals surface area contributed by atoms with E-state index in [4.69, 9.17) is 11.6 Å². The molecule has 130 valence electrons. The molecule has 6 nitrogen and oxygen atoms in total. The number of nitrogens with one attached hydrogen (secondary N) is 2. The van der Waals surface area contributed by atoms with Crippen LogP contribution in [0.5, 0.6) is 0 Å². The van der Waals surface area contributed by atoms with Crippen molar-refractivity contribution < 1.29 is 9.90 Å². The molecule has 1 saturated heterocycles. The number of rotatable bonds is 4. The fraction of sp³-hybridized carbons (Fsp3) is 0.375. The molecule has 1 aromatic heterocycles. The second-order valence-electron chi connectivity index (χ2n) is 5.70. The molecule has 1 aliphatic rings. The van der Waals surface area contributed by atoms with Crippen molar-refractivity contribution in [3.63, 3.8) is 0 Å². The summed E-state index contributed by atoms with van der Waals surface area (Å²) in [4.78, 5) is 12.4. The monoisotopic (exact) mass is 370 g/mol. The number of benzene rings is 1. The molecule has 1 aliphatic heterocycles. The summed E-state index contributed by atoms with van der Waals surface area (Å²) in [7, 11) is 0. The molecule has 1 fully saturated rings. The second kappa shape index (κ2) is 7.98. The maximum Gasteiger partial charge on any atom is 0.254 e. The van der Waals surface area contributed by atoms with Crippen molar-refractivity contribution in [3.8, 4) is 5.69 Å². The van der Waals surface area contributed by atoms with E-state index < -0.39 is 6.10 Å². The molecule has 24 heavy (non-hydrogen) atoms. The highest BCUT2D eigenvalue weighted by Gasteiger charge is 2.25. The number of hydrogen-bond acceptors (Lipinski definition) is 4. The molecule has 0 radical (unpaired) electrons. The van der Waals surface area contributed by atoms with Crippen LogP contribution in [0.25, 0.3) is 5.69 Å². The molecule has 8 heteroatoms. The lowest BCUT2D eigenvalue weighted by atomic mass is 10.1. The molecule has 2 atom stereocenters. The van der Waals surface area contributed by atoms with Gasteiger partial charge in [0.2, 0.25) is 0 Å². The highest BCUT2D eigenvalue weighted by atomic mass is 35.5. The van der Waals surface area contributed by atoms with E-state index in [1.165, 1.54) is 6.20 Å². The van der Waals surface area contributed by atoms with Crippen LogP contribution in [-0.2, 0) is 0 Å². The Labute approximate surface area is 151 Å². The first-order chi connectivity index (χ1) is 11.1. The molecule has 1 amide bonds. The van der Waals surface area contributed by atoms with Gasteiger partial charge in [-0.25, -0.2) is 4.68 Å². The molecule has 0 aliphatic carbocycles. The minimum Gasteiger partial charge on any atom is -0.391 e. The number of halogens is 2. The summed E-state index contributed by atoms with van der Waals surface area (Å²) in [6.07, 6.45) is 1.12. The summed E-state index contributed by atoms with van der Waals surface area (Å²) in [6.45, 7) is 3.55. The van der Waals surface area contributed by atoms with Crippen molar-refractivity contribution in [2.75, 3.05) is 19.6 Å². The number of para-hydroxylation sites is 1. The Morgan fingerprint density at radius 3 is 2.88 bits per heavy atom. The molecule has 3 rings (SSSR count). The third kappa shape index (κ3) is 3.72.